The fourth-order valence-corrected chi connectivity index (χ4v) is 4.14. The Kier molecular flexibility index (Phi) is 6.98. The molecule has 9 heteroatoms. The summed E-state index contributed by atoms with van der Waals surface area (Å²) in [7, 11) is 3.82. The van der Waals surface area contributed by atoms with Crippen LogP contribution in [0.1, 0.15) is 37.4 Å². The Morgan fingerprint density at radius 1 is 1.18 bits per heavy atom. The average Bonchev–Trinajstić information content (AvgIpc) is 3.34. The van der Waals surface area contributed by atoms with E-state index in [1.165, 1.54) is 5.56 Å². The molecule has 0 aliphatic carbocycles. The molecule has 174 valence electrons. The van der Waals surface area contributed by atoms with E-state index in [0.29, 0.717) is 23.9 Å². The monoisotopic (exact) mass is 449 g/mol. The second-order valence-corrected chi connectivity index (χ2v) is 8.38. The van der Waals surface area contributed by atoms with Crippen molar-refractivity contribution in [3.05, 3.63) is 41.7 Å². The fraction of sp³-hybridized carbons (Fsp3) is 0.458. The summed E-state index contributed by atoms with van der Waals surface area (Å²) in [5, 5.41) is 11.6. The van der Waals surface area contributed by atoms with E-state index >= 15 is 0 Å². The number of carbonyl (C=O) groups is 1. The average molecular weight is 450 g/mol. The molecule has 1 N–H and O–H groups in total. The van der Waals surface area contributed by atoms with Crippen molar-refractivity contribution in [2.45, 2.75) is 45.7 Å². The van der Waals surface area contributed by atoms with Gasteiger partial charge in [0, 0.05) is 44.7 Å². The van der Waals surface area contributed by atoms with Crippen molar-refractivity contribution in [2.75, 3.05) is 32.1 Å². The van der Waals surface area contributed by atoms with Gasteiger partial charge in [-0.05, 0) is 44.5 Å². The lowest BCUT2D eigenvalue weighted by Gasteiger charge is -2.37. The van der Waals surface area contributed by atoms with Crippen molar-refractivity contribution in [1.29, 1.82) is 0 Å². The Balaban J connectivity index is 1.49. The van der Waals surface area contributed by atoms with Crippen LogP contribution in [0.2, 0.25) is 0 Å². The number of carbonyl (C=O) groups excluding carboxylic acids is 1. The summed E-state index contributed by atoms with van der Waals surface area (Å²) < 4.78 is 5.96. The zero-order valence-electron chi connectivity index (χ0n) is 19.7. The van der Waals surface area contributed by atoms with E-state index in [1.54, 1.807) is 6.20 Å². The van der Waals surface area contributed by atoms with Crippen LogP contribution in [0, 0.1) is 6.92 Å². The molecule has 2 aromatic heterocycles. The van der Waals surface area contributed by atoms with Crippen LogP contribution in [0.15, 0.2) is 34.9 Å². The highest BCUT2D eigenvalue weighted by molar-refractivity contribution is 5.75. The zero-order valence-corrected chi connectivity index (χ0v) is 19.7. The summed E-state index contributed by atoms with van der Waals surface area (Å²) in [6.45, 7) is 6.23. The van der Waals surface area contributed by atoms with Gasteiger partial charge < -0.3 is 19.5 Å². The molecule has 0 saturated carbocycles. The third-order valence-electron chi connectivity index (χ3n) is 6.18. The first kappa shape index (κ1) is 22.8. The number of amides is 1. The van der Waals surface area contributed by atoms with E-state index in [4.69, 9.17) is 9.40 Å². The predicted molar refractivity (Wildman–Crippen MR) is 127 cm³/mol. The standard InChI is InChI=1S/C24H31N7O2/c1-5-21(32)30(4)19-10-12-31(13-11-19)20-15-26-16(2)22(27-20)24-29-28-23(33-24)18-8-6-17(7-9-18)14-25-3/h6-9,15,19,25H,5,10-14H2,1-4H3. The first-order valence-corrected chi connectivity index (χ1v) is 11.4. The molecule has 4 rings (SSSR count). The van der Waals surface area contributed by atoms with Crippen molar-refractivity contribution < 1.29 is 9.21 Å². The highest BCUT2D eigenvalue weighted by Gasteiger charge is 2.26. The minimum atomic E-state index is 0.190. The molecule has 1 aliphatic heterocycles. The van der Waals surface area contributed by atoms with Crippen molar-refractivity contribution in [3.8, 4) is 23.0 Å². The second kappa shape index (κ2) is 10.1. The number of nitrogens with zero attached hydrogens (tertiary/aromatic N) is 6. The van der Waals surface area contributed by atoms with E-state index in [0.717, 1.165) is 49.6 Å². The summed E-state index contributed by atoms with van der Waals surface area (Å²) in [6, 6.07) is 8.30. The molecule has 1 fully saturated rings. The Morgan fingerprint density at radius 2 is 1.88 bits per heavy atom. The van der Waals surface area contributed by atoms with Gasteiger partial charge in [-0.25, -0.2) is 4.98 Å². The van der Waals surface area contributed by atoms with Gasteiger partial charge in [0.05, 0.1) is 11.9 Å². The van der Waals surface area contributed by atoms with Gasteiger partial charge in [-0.2, -0.15) is 0 Å². The van der Waals surface area contributed by atoms with Crippen LogP contribution in [0.25, 0.3) is 23.0 Å². The number of hydrogen-bond acceptors (Lipinski definition) is 8. The molecule has 1 saturated heterocycles. The number of aromatic nitrogens is 4. The maximum absolute atomic E-state index is 12.0. The molecular weight excluding hydrogens is 418 g/mol. The lowest BCUT2D eigenvalue weighted by molar-refractivity contribution is -0.131. The molecule has 3 aromatic rings. The van der Waals surface area contributed by atoms with Gasteiger partial charge in [0.1, 0.15) is 5.82 Å². The summed E-state index contributed by atoms with van der Waals surface area (Å²) in [4.78, 5) is 25.5. The number of aryl methyl sites for hydroxylation is 1. The lowest BCUT2D eigenvalue weighted by Crippen LogP contribution is -2.45. The Labute approximate surface area is 194 Å². The van der Waals surface area contributed by atoms with Gasteiger partial charge in [0.2, 0.25) is 11.8 Å². The quantitative estimate of drug-likeness (QED) is 0.587. The molecule has 1 aromatic carbocycles. The van der Waals surface area contributed by atoms with E-state index in [-0.39, 0.29) is 11.9 Å². The van der Waals surface area contributed by atoms with Crippen LogP contribution in [0.5, 0.6) is 0 Å². The van der Waals surface area contributed by atoms with Gasteiger partial charge in [-0.1, -0.05) is 19.1 Å². The third-order valence-corrected chi connectivity index (χ3v) is 6.18. The number of benzene rings is 1. The number of rotatable bonds is 7. The summed E-state index contributed by atoms with van der Waals surface area (Å²) in [5.74, 6) is 1.79. The SMILES string of the molecule is CCC(=O)N(C)C1CCN(c2cnc(C)c(-c3nnc(-c4ccc(CNC)cc4)o3)n2)CC1. The first-order valence-electron chi connectivity index (χ1n) is 11.4. The van der Waals surface area contributed by atoms with Gasteiger partial charge >= 0.3 is 0 Å². The molecule has 0 unspecified atom stereocenters. The molecule has 0 radical (unpaired) electrons. The Hall–Kier alpha value is -3.33. The molecule has 9 nitrogen and oxygen atoms in total. The molecule has 0 bridgehead atoms. The number of hydrogen-bond donors (Lipinski definition) is 1. The molecule has 1 amide bonds. The van der Waals surface area contributed by atoms with Crippen molar-refractivity contribution in [3.63, 3.8) is 0 Å². The molecular formula is C24H31N7O2. The maximum Gasteiger partial charge on any atom is 0.268 e. The highest BCUT2D eigenvalue weighted by atomic mass is 16.4. The Bertz CT molecular complexity index is 1090. The fourth-order valence-electron chi connectivity index (χ4n) is 4.14. The Morgan fingerprint density at radius 3 is 2.55 bits per heavy atom. The normalized spacial score (nSPS) is 14.5. The van der Waals surface area contributed by atoms with Crippen LogP contribution < -0.4 is 10.2 Å². The van der Waals surface area contributed by atoms with Gasteiger partial charge in [-0.3, -0.25) is 9.78 Å². The van der Waals surface area contributed by atoms with E-state index in [1.807, 2.05) is 57.1 Å². The predicted octanol–water partition coefficient (Wildman–Crippen LogP) is 3.06. The summed E-state index contributed by atoms with van der Waals surface area (Å²) >= 11 is 0. The topological polar surface area (TPSA) is 100 Å². The number of anilines is 1. The van der Waals surface area contributed by atoms with Crippen molar-refractivity contribution in [1.82, 2.24) is 30.4 Å². The molecule has 33 heavy (non-hydrogen) atoms. The van der Waals surface area contributed by atoms with Crippen LogP contribution in [-0.2, 0) is 11.3 Å². The minimum absolute atomic E-state index is 0.190. The lowest BCUT2D eigenvalue weighted by atomic mass is 10.0. The minimum Gasteiger partial charge on any atom is -0.415 e. The van der Waals surface area contributed by atoms with E-state index in [2.05, 4.69) is 25.4 Å². The largest absolute Gasteiger partial charge is 0.415 e. The highest BCUT2D eigenvalue weighted by Crippen LogP contribution is 2.27. The van der Waals surface area contributed by atoms with Gasteiger partial charge in [0.25, 0.3) is 5.89 Å². The smallest absolute Gasteiger partial charge is 0.268 e. The second-order valence-electron chi connectivity index (χ2n) is 8.38. The van der Waals surface area contributed by atoms with Crippen LogP contribution >= 0.6 is 0 Å². The van der Waals surface area contributed by atoms with Crippen LogP contribution in [0.4, 0.5) is 5.82 Å². The van der Waals surface area contributed by atoms with Crippen molar-refractivity contribution in [2.24, 2.45) is 0 Å². The number of piperidine rings is 1. The third kappa shape index (κ3) is 5.03. The molecule has 0 spiro atoms. The molecule has 1 aliphatic rings. The van der Waals surface area contributed by atoms with Crippen LogP contribution in [0.3, 0.4) is 0 Å². The van der Waals surface area contributed by atoms with Gasteiger partial charge in [-0.15, -0.1) is 10.2 Å². The first-order chi connectivity index (χ1) is 16.0. The number of nitrogens with one attached hydrogen (secondary N) is 1. The summed E-state index contributed by atoms with van der Waals surface area (Å²) in [5.41, 5.74) is 3.38. The maximum atomic E-state index is 12.0. The molecule has 0 atom stereocenters. The van der Waals surface area contributed by atoms with E-state index in [9.17, 15) is 4.79 Å². The van der Waals surface area contributed by atoms with Crippen LogP contribution in [-0.4, -0.2) is 64.2 Å². The summed E-state index contributed by atoms with van der Waals surface area (Å²) in [6.07, 6.45) is 4.14. The van der Waals surface area contributed by atoms with E-state index < -0.39 is 0 Å². The van der Waals surface area contributed by atoms with Gasteiger partial charge in [0.15, 0.2) is 5.69 Å². The molecule has 3 heterocycles. The van der Waals surface area contributed by atoms with Crippen molar-refractivity contribution >= 4 is 11.7 Å². The zero-order chi connectivity index (χ0) is 23.4.